The third-order valence-corrected chi connectivity index (χ3v) is 5.64. The maximum absolute atomic E-state index is 13.4. The molecule has 0 amide bonds. The number of fused-ring (bicyclic) bond motifs is 1. The van der Waals surface area contributed by atoms with Gasteiger partial charge in [0, 0.05) is 37.0 Å². The van der Waals surface area contributed by atoms with Gasteiger partial charge in [-0.15, -0.1) is 0 Å². The second-order valence-electron chi connectivity index (χ2n) is 8.14. The van der Waals surface area contributed by atoms with Crippen molar-refractivity contribution in [1.82, 2.24) is 19.2 Å². The van der Waals surface area contributed by atoms with Crippen molar-refractivity contribution in [1.29, 1.82) is 0 Å². The Kier molecular flexibility index (Phi) is 6.65. The Labute approximate surface area is 206 Å². The summed E-state index contributed by atoms with van der Waals surface area (Å²) in [5, 5.41) is 3.53. The number of ketones is 1. The lowest BCUT2D eigenvalue weighted by Crippen LogP contribution is -2.12. The molecule has 1 aromatic carbocycles. The van der Waals surface area contributed by atoms with Crippen LogP contribution in [0.25, 0.3) is 28.0 Å². The fourth-order valence-corrected chi connectivity index (χ4v) is 3.99. The van der Waals surface area contributed by atoms with E-state index in [9.17, 15) is 31.1 Å². The number of hydrogen-bond donors (Lipinski definition) is 0. The summed E-state index contributed by atoms with van der Waals surface area (Å²) in [5.74, 6) is -0.770. The minimum atomic E-state index is -4.64. The first-order valence-electron chi connectivity index (χ1n) is 10.8. The van der Waals surface area contributed by atoms with E-state index in [0.717, 1.165) is 4.68 Å². The number of methoxy groups -OCH3 is 2. The SMILES string of the molecule is COc1cc(-c2cnc3cc(-c4cn(C)nc4C(F)(F)F)ccn23)cc(OC)c1C(=O)CCC(F)(F)F. The number of aromatic nitrogens is 4. The lowest BCUT2D eigenvalue weighted by atomic mass is 10.0. The highest BCUT2D eigenvalue weighted by atomic mass is 19.4. The molecule has 3 aromatic heterocycles. The lowest BCUT2D eigenvalue weighted by Gasteiger charge is -2.15. The van der Waals surface area contributed by atoms with Crippen LogP contribution >= 0.6 is 0 Å². The summed E-state index contributed by atoms with van der Waals surface area (Å²) in [6.45, 7) is 0. The Morgan fingerprint density at radius 1 is 1.00 bits per heavy atom. The monoisotopic (exact) mass is 526 g/mol. The minimum absolute atomic E-state index is 0.0123. The lowest BCUT2D eigenvalue weighted by molar-refractivity contribution is -0.141. The molecule has 0 radical (unpaired) electrons. The zero-order chi connectivity index (χ0) is 27.1. The Balaban J connectivity index is 1.76. The van der Waals surface area contributed by atoms with E-state index in [2.05, 4.69) is 10.1 Å². The van der Waals surface area contributed by atoms with Crippen molar-refractivity contribution in [2.75, 3.05) is 14.2 Å². The number of ether oxygens (including phenoxy) is 2. The van der Waals surface area contributed by atoms with Crippen molar-refractivity contribution in [3.8, 4) is 33.9 Å². The van der Waals surface area contributed by atoms with Crippen LogP contribution in [0, 0.1) is 0 Å². The maximum atomic E-state index is 13.4. The van der Waals surface area contributed by atoms with Gasteiger partial charge in [-0.05, 0) is 29.8 Å². The van der Waals surface area contributed by atoms with Crippen molar-refractivity contribution in [3.63, 3.8) is 0 Å². The maximum Gasteiger partial charge on any atom is 0.435 e. The first kappa shape index (κ1) is 26.0. The molecule has 3 heterocycles. The average molecular weight is 526 g/mol. The second-order valence-corrected chi connectivity index (χ2v) is 8.14. The Hall–Kier alpha value is -4.03. The average Bonchev–Trinajstić information content (AvgIpc) is 3.44. The topological polar surface area (TPSA) is 70.7 Å². The fourth-order valence-electron chi connectivity index (χ4n) is 3.99. The number of hydrogen-bond acceptors (Lipinski definition) is 5. The van der Waals surface area contributed by atoms with Gasteiger partial charge in [0.2, 0.25) is 0 Å². The van der Waals surface area contributed by atoms with Gasteiger partial charge in [0.05, 0.1) is 32.5 Å². The molecule has 0 aliphatic heterocycles. The number of Topliss-reactive ketones (excluding diaryl/α,β-unsaturated/α-hetero) is 1. The molecule has 37 heavy (non-hydrogen) atoms. The molecule has 0 aliphatic rings. The van der Waals surface area contributed by atoms with E-state index >= 15 is 0 Å². The van der Waals surface area contributed by atoms with Crippen LogP contribution in [-0.4, -0.2) is 45.3 Å². The minimum Gasteiger partial charge on any atom is -0.496 e. The zero-order valence-corrected chi connectivity index (χ0v) is 19.7. The number of rotatable bonds is 7. The number of benzene rings is 1. The zero-order valence-electron chi connectivity index (χ0n) is 19.7. The molecule has 0 saturated carbocycles. The number of pyridine rings is 1. The molecule has 4 rings (SSSR count). The van der Waals surface area contributed by atoms with Crippen LogP contribution in [-0.2, 0) is 13.2 Å². The van der Waals surface area contributed by atoms with Crippen LogP contribution in [0.3, 0.4) is 0 Å². The summed E-state index contributed by atoms with van der Waals surface area (Å²) in [6.07, 6.45) is -6.95. The first-order chi connectivity index (χ1) is 17.3. The Morgan fingerprint density at radius 2 is 1.65 bits per heavy atom. The normalized spacial score (nSPS) is 12.2. The summed E-state index contributed by atoms with van der Waals surface area (Å²) in [5.41, 5.74) is 0.274. The number of halogens is 6. The quantitative estimate of drug-likeness (QED) is 0.220. The van der Waals surface area contributed by atoms with Gasteiger partial charge in [-0.3, -0.25) is 13.9 Å². The standard InChI is InChI=1S/C24H20F6N4O3/c1-33-12-15(22(32-33)24(28,29)30)13-5-7-34-16(11-31-20(34)10-13)14-8-18(36-2)21(19(9-14)37-3)17(35)4-6-23(25,26)27/h5,7-12H,4,6H2,1-3H3. The first-order valence-corrected chi connectivity index (χ1v) is 10.8. The van der Waals surface area contributed by atoms with Crippen molar-refractivity contribution >= 4 is 11.4 Å². The molecule has 7 nitrogen and oxygen atoms in total. The molecule has 0 saturated heterocycles. The van der Waals surface area contributed by atoms with Gasteiger partial charge in [0.25, 0.3) is 0 Å². The van der Waals surface area contributed by atoms with Gasteiger partial charge in [-0.2, -0.15) is 31.4 Å². The summed E-state index contributed by atoms with van der Waals surface area (Å²) in [4.78, 5) is 16.9. The van der Waals surface area contributed by atoms with E-state index in [-0.39, 0.29) is 28.2 Å². The van der Waals surface area contributed by atoms with E-state index in [4.69, 9.17) is 9.47 Å². The van der Waals surface area contributed by atoms with Crippen LogP contribution in [0.1, 0.15) is 28.9 Å². The molecule has 0 unspecified atom stereocenters. The molecule has 0 spiro atoms. The molecule has 4 aromatic rings. The Bertz CT molecular complexity index is 1440. The van der Waals surface area contributed by atoms with E-state index in [1.165, 1.54) is 64.1 Å². The third kappa shape index (κ3) is 5.25. The molecule has 0 fully saturated rings. The molecule has 0 aliphatic carbocycles. The van der Waals surface area contributed by atoms with Gasteiger partial charge in [-0.25, -0.2) is 4.98 Å². The number of imidazole rings is 1. The van der Waals surface area contributed by atoms with Crippen LogP contribution < -0.4 is 9.47 Å². The van der Waals surface area contributed by atoms with Crippen LogP contribution in [0.2, 0.25) is 0 Å². The molecule has 0 atom stereocenters. The molecular weight excluding hydrogens is 506 g/mol. The number of carbonyl (C=O) groups is 1. The molecule has 13 heteroatoms. The second kappa shape index (κ2) is 9.45. The van der Waals surface area contributed by atoms with E-state index in [1.807, 2.05) is 0 Å². The summed E-state index contributed by atoms with van der Waals surface area (Å²) >= 11 is 0. The van der Waals surface area contributed by atoms with Gasteiger partial charge < -0.3 is 9.47 Å². The van der Waals surface area contributed by atoms with Gasteiger partial charge in [0.1, 0.15) is 22.7 Å². The molecule has 0 bridgehead atoms. The number of carbonyl (C=O) groups excluding carboxylic acids is 1. The predicted molar refractivity (Wildman–Crippen MR) is 121 cm³/mol. The van der Waals surface area contributed by atoms with Crippen LogP contribution in [0.5, 0.6) is 11.5 Å². The highest BCUT2D eigenvalue weighted by molar-refractivity contribution is 6.02. The van der Waals surface area contributed by atoms with Gasteiger partial charge >= 0.3 is 12.4 Å². The highest BCUT2D eigenvalue weighted by Gasteiger charge is 2.37. The number of alkyl halides is 6. The largest absolute Gasteiger partial charge is 0.496 e. The smallest absolute Gasteiger partial charge is 0.435 e. The third-order valence-electron chi connectivity index (χ3n) is 5.64. The van der Waals surface area contributed by atoms with Crippen molar-refractivity contribution in [2.24, 2.45) is 7.05 Å². The summed E-state index contributed by atoms with van der Waals surface area (Å²) < 4.78 is 91.4. The highest BCUT2D eigenvalue weighted by Crippen LogP contribution is 2.39. The van der Waals surface area contributed by atoms with E-state index in [0.29, 0.717) is 16.9 Å². The van der Waals surface area contributed by atoms with Gasteiger partial charge in [-0.1, -0.05) is 0 Å². The van der Waals surface area contributed by atoms with E-state index in [1.54, 1.807) is 4.40 Å². The fraction of sp³-hybridized carbons (Fsp3) is 0.292. The summed E-state index contributed by atoms with van der Waals surface area (Å²) in [6, 6.07) is 5.88. The predicted octanol–water partition coefficient (Wildman–Crippen LogP) is 5.96. The Morgan fingerprint density at radius 3 is 2.22 bits per heavy atom. The molecular formula is C24H20F6N4O3. The van der Waals surface area contributed by atoms with Crippen LogP contribution in [0.15, 0.2) is 42.9 Å². The van der Waals surface area contributed by atoms with Gasteiger partial charge in [0.15, 0.2) is 11.5 Å². The molecule has 196 valence electrons. The summed E-state index contributed by atoms with van der Waals surface area (Å²) in [7, 11) is 3.93. The van der Waals surface area contributed by atoms with Crippen molar-refractivity contribution in [2.45, 2.75) is 25.2 Å². The number of aryl methyl sites for hydroxylation is 1. The van der Waals surface area contributed by atoms with Crippen molar-refractivity contribution < 1.29 is 40.6 Å². The van der Waals surface area contributed by atoms with Crippen LogP contribution in [0.4, 0.5) is 26.3 Å². The number of nitrogens with zero attached hydrogens (tertiary/aromatic N) is 4. The molecule has 0 N–H and O–H groups in total. The van der Waals surface area contributed by atoms with Crippen molar-refractivity contribution in [3.05, 3.63) is 54.1 Å². The van der Waals surface area contributed by atoms with E-state index < -0.39 is 36.7 Å².